The third-order valence-electron chi connectivity index (χ3n) is 6.77. The summed E-state index contributed by atoms with van der Waals surface area (Å²) in [5.41, 5.74) is -2.40. The van der Waals surface area contributed by atoms with Gasteiger partial charge < -0.3 is 9.80 Å². The molecule has 3 fully saturated rings. The zero-order chi connectivity index (χ0) is 22.6. The molecule has 2 atom stereocenters. The van der Waals surface area contributed by atoms with Gasteiger partial charge in [-0.15, -0.1) is 0 Å². The van der Waals surface area contributed by atoms with Crippen LogP contribution in [0.4, 0.5) is 13.2 Å². The normalized spacial score (nSPS) is 27.8. The van der Waals surface area contributed by atoms with Crippen LogP contribution in [0.25, 0.3) is 0 Å². The van der Waals surface area contributed by atoms with Crippen LogP contribution in [0.3, 0.4) is 0 Å². The van der Waals surface area contributed by atoms with Crippen molar-refractivity contribution in [1.29, 1.82) is 0 Å². The van der Waals surface area contributed by atoms with E-state index in [0.717, 1.165) is 12.1 Å². The number of hydrogen-bond donors (Lipinski definition) is 0. The lowest BCUT2D eigenvalue weighted by molar-refractivity contribution is -0.144. The van der Waals surface area contributed by atoms with E-state index in [0.29, 0.717) is 32.5 Å². The van der Waals surface area contributed by atoms with Crippen LogP contribution in [0.15, 0.2) is 24.3 Å². The first kappa shape index (κ1) is 21.8. The van der Waals surface area contributed by atoms with E-state index in [-0.39, 0.29) is 36.4 Å². The highest BCUT2D eigenvalue weighted by Gasteiger charge is 2.57. The molecule has 1 aromatic carbocycles. The van der Waals surface area contributed by atoms with E-state index in [4.69, 9.17) is 0 Å². The molecule has 4 rings (SSSR count). The number of carbonyl (C=O) groups is 3. The quantitative estimate of drug-likeness (QED) is 0.679. The van der Waals surface area contributed by atoms with Gasteiger partial charge in [0.2, 0.25) is 17.7 Å². The summed E-state index contributed by atoms with van der Waals surface area (Å²) >= 11 is 0. The van der Waals surface area contributed by atoms with E-state index < -0.39 is 29.0 Å². The zero-order valence-electron chi connectivity index (χ0n) is 17.6. The van der Waals surface area contributed by atoms with Crippen molar-refractivity contribution >= 4 is 17.7 Å². The fourth-order valence-corrected chi connectivity index (χ4v) is 4.57. The fraction of sp³-hybridized carbons (Fsp3) is 0.591. The molecule has 3 aliphatic rings. The minimum atomic E-state index is -4.59. The summed E-state index contributed by atoms with van der Waals surface area (Å²) in [7, 11) is 1.96. The Hall–Kier alpha value is -2.42. The van der Waals surface area contributed by atoms with Gasteiger partial charge in [-0.3, -0.25) is 19.3 Å². The lowest BCUT2D eigenvalue weighted by Crippen LogP contribution is -2.53. The molecule has 0 bridgehead atoms. The highest BCUT2D eigenvalue weighted by atomic mass is 19.4. The second kappa shape index (κ2) is 7.62. The topological polar surface area (TPSA) is 60.9 Å². The number of nitrogens with zero attached hydrogens (tertiary/aromatic N) is 3. The third-order valence-corrected chi connectivity index (χ3v) is 6.77. The molecule has 0 N–H and O–H groups in total. The Balaban J connectivity index is 1.70. The SMILES string of the molecule is CC1CN(C(=O)CC2(c3cccc(C(F)(F)F)c3)CC(=O)N(C3CC3)C2=O)CCN1C. The summed E-state index contributed by atoms with van der Waals surface area (Å²) in [6, 6.07) is 4.44. The average molecular weight is 437 g/mol. The number of amides is 3. The van der Waals surface area contributed by atoms with Gasteiger partial charge in [0.25, 0.3) is 0 Å². The molecule has 2 heterocycles. The first-order chi connectivity index (χ1) is 14.5. The first-order valence-electron chi connectivity index (χ1n) is 10.6. The van der Waals surface area contributed by atoms with Crippen LogP contribution >= 0.6 is 0 Å². The molecule has 0 aromatic heterocycles. The molecule has 6 nitrogen and oxygen atoms in total. The molecular weight excluding hydrogens is 411 g/mol. The standard InChI is InChI=1S/C22H26F3N3O3/c1-14-13-27(9-8-26(14)2)18(29)11-21(12-19(30)28(20(21)31)17-6-7-17)15-4-3-5-16(10-15)22(23,24)25/h3-5,10,14,17H,6-9,11-13H2,1-2H3. The third kappa shape index (κ3) is 3.95. The summed E-state index contributed by atoms with van der Waals surface area (Å²) in [4.78, 5) is 44.4. The largest absolute Gasteiger partial charge is 0.416 e. The predicted molar refractivity (Wildman–Crippen MR) is 106 cm³/mol. The highest BCUT2D eigenvalue weighted by Crippen LogP contribution is 2.45. The van der Waals surface area contributed by atoms with Crippen molar-refractivity contribution in [2.45, 2.75) is 56.3 Å². The number of carbonyl (C=O) groups excluding carboxylic acids is 3. The van der Waals surface area contributed by atoms with E-state index in [1.54, 1.807) is 4.90 Å². The Morgan fingerprint density at radius 2 is 1.90 bits per heavy atom. The van der Waals surface area contributed by atoms with Gasteiger partial charge in [-0.2, -0.15) is 13.2 Å². The lowest BCUT2D eigenvalue weighted by Gasteiger charge is -2.39. The van der Waals surface area contributed by atoms with Crippen LogP contribution in [-0.4, -0.2) is 71.2 Å². The number of likely N-dealkylation sites (tertiary alicyclic amines) is 1. The summed E-state index contributed by atoms with van der Waals surface area (Å²) in [6.45, 7) is 3.61. The zero-order valence-corrected chi connectivity index (χ0v) is 17.6. The molecule has 2 unspecified atom stereocenters. The van der Waals surface area contributed by atoms with Gasteiger partial charge in [-0.25, -0.2) is 0 Å². The molecule has 0 spiro atoms. The van der Waals surface area contributed by atoms with E-state index in [1.807, 2.05) is 14.0 Å². The van der Waals surface area contributed by atoms with Crippen molar-refractivity contribution in [3.8, 4) is 0 Å². The summed E-state index contributed by atoms with van der Waals surface area (Å²) < 4.78 is 40.1. The van der Waals surface area contributed by atoms with Crippen LogP contribution in [0.5, 0.6) is 0 Å². The number of likely N-dealkylation sites (N-methyl/N-ethyl adjacent to an activating group) is 1. The Morgan fingerprint density at radius 1 is 1.19 bits per heavy atom. The predicted octanol–water partition coefficient (Wildman–Crippen LogP) is 2.42. The fourth-order valence-electron chi connectivity index (χ4n) is 4.57. The molecule has 31 heavy (non-hydrogen) atoms. The van der Waals surface area contributed by atoms with Gasteiger partial charge in [0.15, 0.2) is 0 Å². The summed E-state index contributed by atoms with van der Waals surface area (Å²) in [5, 5.41) is 0. The van der Waals surface area contributed by atoms with E-state index in [9.17, 15) is 27.6 Å². The van der Waals surface area contributed by atoms with Crippen LogP contribution < -0.4 is 0 Å². The van der Waals surface area contributed by atoms with Gasteiger partial charge in [-0.05, 0) is 38.4 Å². The number of imide groups is 1. The second-order valence-corrected chi connectivity index (χ2v) is 8.98. The molecule has 168 valence electrons. The van der Waals surface area contributed by atoms with Crippen molar-refractivity contribution in [2.24, 2.45) is 0 Å². The minimum absolute atomic E-state index is 0.0827. The molecular formula is C22H26F3N3O3. The molecule has 1 aliphatic carbocycles. The van der Waals surface area contributed by atoms with Gasteiger partial charge >= 0.3 is 6.18 Å². The van der Waals surface area contributed by atoms with Crippen LogP contribution in [0, 0.1) is 0 Å². The van der Waals surface area contributed by atoms with Crippen molar-refractivity contribution in [3.05, 3.63) is 35.4 Å². The van der Waals surface area contributed by atoms with Crippen molar-refractivity contribution in [1.82, 2.24) is 14.7 Å². The maximum atomic E-state index is 13.5. The van der Waals surface area contributed by atoms with Crippen LogP contribution in [-0.2, 0) is 26.0 Å². The molecule has 1 saturated carbocycles. The number of hydrogen-bond acceptors (Lipinski definition) is 4. The number of alkyl halides is 3. The average Bonchev–Trinajstić information content (AvgIpc) is 3.50. The molecule has 1 aromatic rings. The van der Waals surface area contributed by atoms with Gasteiger partial charge in [-0.1, -0.05) is 18.2 Å². The Morgan fingerprint density at radius 3 is 2.52 bits per heavy atom. The Bertz CT molecular complexity index is 915. The number of piperazine rings is 1. The number of benzene rings is 1. The second-order valence-electron chi connectivity index (χ2n) is 8.98. The highest BCUT2D eigenvalue weighted by molar-refractivity contribution is 6.11. The van der Waals surface area contributed by atoms with Crippen LogP contribution in [0.2, 0.25) is 0 Å². The summed E-state index contributed by atoms with van der Waals surface area (Å²) in [6.07, 6.45) is -3.78. The Labute approximate surface area is 179 Å². The van der Waals surface area contributed by atoms with E-state index in [2.05, 4.69) is 4.90 Å². The van der Waals surface area contributed by atoms with Gasteiger partial charge in [0, 0.05) is 44.6 Å². The van der Waals surface area contributed by atoms with Gasteiger partial charge in [0.05, 0.1) is 11.0 Å². The molecule has 2 saturated heterocycles. The monoisotopic (exact) mass is 437 g/mol. The van der Waals surface area contributed by atoms with Crippen molar-refractivity contribution in [3.63, 3.8) is 0 Å². The molecule has 0 radical (unpaired) electrons. The lowest BCUT2D eigenvalue weighted by atomic mass is 9.75. The molecule has 9 heteroatoms. The first-order valence-corrected chi connectivity index (χ1v) is 10.6. The van der Waals surface area contributed by atoms with Crippen molar-refractivity contribution in [2.75, 3.05) is 26.7 Å². The maximum Gasteiger partial charge on any atom is 0.416 e. The number of rotatable bonds is 4. The van der Waals surface area contributed by atoms with E-state index >= 15 is 0 Å². The maximum absolute atomic E-state index is 13.5. The van der Waals surface area contributed by atoms with E-state index in [1.165, 1.54) is 17.0 Å². The molecule has 3 amide bonds. The van der Waals surface area contributed by atoms with Gasteiger partial charge in [0.1, 0.15) is 0 Å². The van der Waals surface area contributed by atoms with Crippen molar-refractivity contribution < 1.29 is 27.6 Å². The minimum Gasteiger partial charge on any atom is -0.340 e. The summed E-state index contributed by atoms with van der Waals surface area (Å²) in [5.74, 6) is -1.27. The smallest absolute Gasteiger partial charge is 0.340 e. The molecule has 2 aliphatic heterocycles. The van der Waals surface area contributed by atoms with Crippen LogP contribution in [0.1, 0.15) is 43.7 Å². The number of halogens is 3. The Kier molecular flexibility index (Phi) is 5.36.